The number of hydrogen-bond acceptors (Lipinski definition) is 2. The minimum atomic E-state index is 1.11. The first kappa shape index (κ1) is 30.7. The molecule has 0 atom stereocenters. The Kier molecular flexibility index (Phi) is 7.47. The first-order chi connectivity index (χ1) is 26.3. The Morgan fingerprint density at radius 3 is 1.34 bits per heavy atom. The van der Waals surface area contributed by atoms with Gasteiger partial charge in [0.1, 0.15) is 0 Å². The van der Waals surface area contributed by atoms with Crippen molar-refractivity contribution in [1.82, 2.24) is 4.57 Å². The molecule has 250 valence electrons. The largest absolute Gasteiger partial charge is 0.310 e. The Morgan fingerprint density at radius 1 is 0.321 bits per heavy atom. The molecule has 0 fully saturated rings. The zero-order valence-electron chi connectivity index (χ0n) is 29.0. The van der Waals surface area contributed by atoms with Gasteiger partial charge in [-0.1, -0.05) is 121 Å². The minimum absolute atomic E-state index is 1.11. The summed E-state index contributed by atoms with van der Waals surface area (Å²) in [4.78, 5) is 4.71. The van der Waals surface area contributed by atoms with Crippen LogP contribution in [-0.2, 0) is 0 Å². The molecule has 0 aliphatic carbocycles. The van der Waals surface area contributed by atoms with Gasteiger partial charge in [-0.15, -0.1) is 0 Å². The van der Waals surface area contributed by atoms with Crippen LogP contribution in [-0.4, -0.2) is 4.57 Å². The van der Waals surface area contributed by atoms with Crippen molar-refractivity contribution in [2.75, 3.05) is 9.80 Å². The maximum atomic E-state index is 2.43. The van der Waals surface area contributed by atoms with Gasteiger partial charge in [-0.2, -0.15) is 0 Å². The summed E-state index contributed by atoms with van der Waals surface area (Å²) in [5.41, 5.74) is 12.7. The number of hydrogen-bond donors (Lipinski definition) is 0. The lowest BCUT2D eigenvalue weighted by atomic mass is 9.93. The van der Waals surface area contributed by atoms with E-state index in [9.17, 15) is 0 Å². The molecule has 1 heterocycles. The zero-order valence-corrected chi connectivity index (χ0v) is 29.0. The summed E-state index contributed by atoms with van der Waals surface area (Å²) in [5, 5.41) is 4.99. The van der Waals surface area contributed by atoms with Crippen LogP contribution < -0.4 is 9.80 Å². The van der Waals surface area contributed by atoms with Crippen molar-refractivity contribution in [2.45, 2.75) is 0 Å². The molecular formula is C50H35N3. The molecule has 0 unspecified atom stereocenters. The maximum absolute atomic E-state index is 2.43. The average Bonchev–Trinajstić information content (AvgIpc) is 3.58. The van der Waals surface area contributed by atoms with E-state index in [0.29, 0.717) is 0 Å². The van der Waals surface area contributed by atoms with E-state index in [2.05, 4.69) is 227 Å². The first-order valence-corrected chi connectivity index (χ1v) is 18.1. The molecule has 0 N–H and O–H groups in total. The molecule has 9 aromatic carbocycles. The van der Waals surface area contributed by atoms with E-state index >= 15 is 0 Å². The average molecular weight is 678 g/mol. The SMILES string of the molecule is c1ccc(N(c2ccccc2)c2cccc(-c3ccc4c5c3ccc3c(N(c6ccccc6)c6ccccc6)ccc(c35)n4-c3ccccc3)c2)cc1. The van der Waals surface area contributed by atoms with Gasteiger partial charge in [-0.05, 0) is 108 Å². The summed E-state index contributed by atoms with van der Waals surface area (Å²) < 4.78 is 2.43. The highest BCUT2D eigenvalue weighted by atomic mass is 15.1. The van der Waals surface area contributed by atoms with Gasteiger partial charge in [-0.25, -0.2) is 0 Å². The molecule has 0 amide bonds. The van der Waals surface area contributed by atoms with Gasteiger partial charge in [0, 0.05) is 50.3 Å². The van der Waals surface area contributed by atoms with Crippen LogP contribution in [0.5, 0.6) is 0 Å². The van der Waals surface area contributed by atoms with E-state index in [4.69, 9.17) is 0 Å². The van der Waals surface area contributed by atoms with Crippen LogP contribution in [0.15, 0.2) is 212 Å². The van der Waals surface area contributed by atoms with Crippen LogP contribution in [0.2, 0.25) is 0 Å². The molecule has 1 aromatic heterocycles. The normalized spacial score (nSPS) is 11.4. The van der Waals surface area contributed by atoms with Crippen LogP contribution in [0.3, 0.4) is 0 Å². The number of anilines is 6. The third kappa shape index (κ3) is 5.21. The monoisotopic (exact) mass is 677 g/mol. The minimum Gasteiger partial charge on any atom is -0.310 e. The predicted molar refractivity (Wildman–Crippen MR) is 224 cm³/mol. The van der Waals surface area contributed by atoms with Crippen molar-refractivity contribution < 1.29 is 0 Å². The summed E-state index contributed by atoms with van der Waals surface area (Å²) in [6.07, 6.45) is 0. The van der Waals surface area contributed by atoms with Gasteiger partial charge in [-0.3, -0.25) is 0 Å². The lowest BCUT2D eigenvalue weighted by molar-refractivity contribution is 1.18. The highest BCUT2D eigenvalue weighted by Gasteiger charge is 2.23. The molecule has 0 saturated heterocycles. The molecule has 3 heteroatoms. The number of rotatable bonds is 8. The maximum Gasteiger partial charge on any atom is 0.0548 e. The summed E-state index contributed by atoms with van der Waals surface area (Å²) in [6.45, 7) is 0. The van der Waals surface area contributed by atoms with E-state index < -0.39 is 0 Å². The molecular weight excluding hydrogens is 643 g/mol. The molecule has 0 saturated carbocycles. The standard InChI is InChI=1S/C50H35N3/c1-6-18-37(19-7-1)51(38-20-8-2-9-21-38)42-28-16-17-36(35-42)43-31-32-47-49-44(43)29-30-45-46(33-34-48(50(45)49)53(47)41-26-14-5-15-27-41)52(39-22-10-3-11-23-39)40-24-12-4-13-25-40/h1-35H. The lowest BCUT2D eigenvalue weighted by Gasteiger charge is -2.27. The molecule has 10 aromatic rings. The summed E-state index contributed by atoms with van der Waals surface area (Å²) in [5.74, 6) is 0. The first-order valence-electron chi connectivity index (χ1n) is 18.1. The van der Waals surface area contributed by atoms with Crippen molar-refractivity contribution in [3.05, 3.63) is 212 Å². The second kappa shape index (κ2) is 12.9. The summed E-state index contributed by atoms with van der Waals surface area (Å²) in [7, 11) is 0. The molecule has 0 aliphatic heterocycles. The smallest absolute Gasteiger partial charge is 0.0548 e. The van der Waals surface area contributed by atoms with Gasteiger partial charge in [0.2, 0.25) is 0 Å². The van der Waals surface area contributed by atoms with Crippen LogP contribution in [0.4, 0.5) is 34.1 Å². The highest BCUT2D eigenvalue weighted by molar-refractivity contribution is 6.29. The zero-order chi connectivity index (χ0) is 35.1. The fourth-order valence-corrected chi connectivity index (χ4v) is 8.04. The quantitative estimate of drug-likeness (QED) is 0.148. The van der Waals surface area contributed by atoms with Gasteiger partial charge in [0.15, 0.2) is 0 Å². The van der Waals surface area contributed by atoms with E-state index in [1.54, 1.807) is 0 Å². The van der Waals surface area contributed by atoms with Crippen molar-refractivity contribution >= 4 is 66.7 Å². The van der Waals surface area contributed by atoms with Gasteiger partial charge in [0.25, 0.3) is 0 Å². The molecule has 3 nitrogen and oxygen atoms in total. The third-order valence-electron chi connectivity index (χ3n) is 10.3. The molecule has 0 spiro atoms. The molecule has 0 radical (unpaired) electrons. The number of nitrogens with zero attached hydrogens (tertiary/aromatic N) is 3. The van der Waals surface area contributed by atoms with Crippen molar-refractivity contribution in [2.24, 2.45) is 0 Å². The van der Waals surface area contributed by atoms with Crippen molar-refractivity contribution in [3.8, 4) is 16.8 Å². The highest BCUT2D eigenvalue weighted by Crippen LogP contribution is 2.48. The topological polar surface area (TPSA) is 11.4 Å². The Bertz CT molecular complexity index is 2730. The Balaban J connectivity index is 1.22. The number of aromatic nitrogens is 1. The second-order valence-electron chi connectivity index (χ2n) is 13.4. The van der Waals surface area contributed by atoms with Crippen LogP contribution in [0, 0.1) is 0 Å². The van der Waals surface area contributed by atoms with Gasteiger partial charge < -0.3 is 14.4 Å². The Morgan fingerprint density at radius 2 is 0.774 bits per heavy atom. The lowest BCUT2D eigenvalue weighted by Crippen LogP contribution is -2.10. The number of benzene rings is 9. The van der Waals surface area contributed by atoms with E-state index in [1.807, 2.05) is 0 Å². The second-order valence-corrected chi connectivity index (χ2v) is 13.4. The fraction of sp³-hybridized carbons (Fsp3) is 0. The van der Waals surface area contributed by atoms with Crippen LogP contribution in [0.1, 0.15) is 0 Å². The van der Waals surface area contributed by atoms with E-state index in [0.717, 1.165) is 39.8 Å². The van der Waals surface area contributed by atoms with Gasteiger partial charge in [0.05, 0.1) is 16.7 Å². The molecule has 0 aliphatic rings. The fourth-order valence-electron chi connectivity index (χ4n) is 8.04. The third-order valence-corrected chi connectivity index (χ3v) is 10.3. The summed E-state index contributed by atoms with van der Waals surface area (Å²) in [6, 6.07) is 76.2. The Labute approximate surface area is 309 Å². The number of para-hydroxylation sites is 5. The van der Waals surface area contributed by atoms with Crippen LogP contribution >= 0.6 is 0 Å². The molecule has 53 heavy (non-hydrogen) atoms. The van der Waals surface area contributed by atoms with E-state index in [1.165, 1.54) is 43.7 Å². The molecule has 10 rings (SSSR count). The van der Waals surface area contributed by atoms with Crippen molar-refractivity contribution in [3.63, 3.8) is 0 Å². The van der Waals surface area contributed by atoms with Crippen molar-refractivity contribution in [1.29, 1.82) is 0 Å². The van der Waals surface area contributed by atoms with Crippen LogP contribution in [0.25, 0.3) is 49.4 Å². The van der Waals surface area contributed by atoms with E-state index in [-0.39, 0.29) is 0 Å². The summed E-state index contributed by atoms with van der Waals surface area (Å²) >= 11 is 0. The predicted octanol–water partition coefficient (Wildman–Crippen LogP) is 14.0. The van der Waals surface area contributed by atoms with Gasteiger partial charge >= 0.3 is 0 Å². The Hall–Kier alpha value is -7.10. The molecule has 0 bridgehead atoms.